The molecule has 1 aliphatic heterocycles. The number of alkyl halides is 3. The number of quaternary nitrogens is 1. The SMILES string of the molecule is O=C(O)NCCC1CC[N+](O)(c2nccc(C(F)(F)F)n2)CC1. The van der Waals surface area contributed by atoms with Gasteiger partial charge in [0.2, 0.25) is 0 Å². The molecule has 0 bridgehead atoms. The fourth-order valence-electron chi connectivity index (χ4n) is 2.63. The topological polar surface area (TPSA) is 95.3 Å². The van der Waals surface area contributed by atoms with Crippen molar-refractivity contribution in [3.05, 3.63) is 18.0 Å². The van der Waals surface area contributed by atoms with E-state index in [2.05, 4.69) is 15.3 Å². The Morgan fingerprint density at radius 1 is 1.39 bits per heavy atom. The summed E-state index contributed by atoms with van der Waals surface area (Å²) >= 11 is 0. The Bertz CT molecular complexity index is 560. The number of rotatable bonds is 4. The Hall–Kier alpha value is -1.94. The molecule has 10 heteroatoms. The lowest BCUT2D eigenvalue weighted by molar-refractivity contribution is -0.143. The molecular formula is C13H18F3N4O3+. The summed E-state index contributed by atoms with van der Waals surface area (Å²) in [7, 11) is 0. The first kappa shape index (κ1) is 17.4. The Morgan fingerprint density at radius 2 is 2.04 bits per heavy atom. The van der Waals surface area contributed by atoms with Crippen LogP contribution in [-0.4, -0.2) is 46.0 Å². The normalized spacial score (nSPS) is 25.1. The van der Waals surface area contributed by atoms with Gasteiger partial charge in [0.15, 0.2) is 5.69 Å². The lowest BCUT2D eigenvalue weighted by Gasteiger charge is -2.34. The van der Waals surface area contributed by atoms with E-state index in [0.717, 1.165) is 12.3 Å². The second-order valence-electron chi connectivity index (χ2n) is 5.57. The highest BCUT2D eigenvalue weighted by Gasteiger charge is 2.40. The Balaban J connectivity index is 1.98. The summed E-state index contributed by atoms with van der Waals surface area (Å²) in [5.41, 5.74) is -1.08. The lowest BCUT2D eigenvalue weighted by Crippen LogP contribution is -2.53. The summed E-state index contributed by atoms with van der Waals surface area (Å²) in [4.78, 5) is 17.6. The van der Waals surface area contributed by atoms with Crippen LogP contribution in [0.4, 0.5) is 23.9 Å². The maximum atomic E-state index is 12.7. The van der Waals surface area contributed by atoms with Crippen LogP contribution in [0.15, 0.2) is 12.3 Å². The van der Waals surface area contributed by atoms with Gasteiger partial charge in [-0.3, -0.25) is 0 Å². The molecule has 1 aromatic rings. The molecular weight excluding hydrogens is 317 g/mol. The number of halogens is 3. The quantitative estimate of drug-likeness (QED) is 0.734. The average Bonchev–Trinajstić information content (AvgIpc) is 2.48. The molecule has 0 atom stereocenters. The van der Waals surface area contributed by atoms with Crippen LogP contribution >= 0.6 is 0 Å². The van der Waals surface area contributed by atoms with E-state index in [-0.39, 0.29) is 25.0 Å². The maximum absolute atomic E-state index is 12.7. The molecule has 0 unspecified atom stereocenters. The molecule has 0 saturated carbocycles. The summed E-state index contributed by atoms with van der Waals surface area (Å²) in [6.07, 6.45) is -2.96. The van der Waals surface area contributed by atoms with Crippen LogP contribution in [0.1, 0.15) is 25.0 Å². The molecule has 1 aliphatic rings. The van der Waals surface area contributed by atoms with Crippen molar-refractivity contribution in [2.45, 2.75) is 25.4 Å². The standard InChI is InChI=1S/C13H17F3N4O3/c14-13(15,16)10-2-6-17-11(19-10)20(23)7-3-9(4-8-20)1-5-18-12(21)22/h2,6,9,18,23H,1,3-5,7-8H2/p+1. The van der Waals surface area contributed by atoms with Gasteiger partial charge < -0.3 is 10.4 Å². The highest BCUT2D eigenvalue weighted by atomic mass is 19.4. The number of carboxylic acid groups (broad SMARTS) is 1. The number of hydroxylamine groups is 2. The average molecular weight is 335 g/mol. The van der Waals surface area contributed by atoms with Gasteiger partial charge in [-0.1, -0.05) is 0 Å². The number of hydrogen-bond donors (Lipinski definition) is 3. The minimum Gasteiger partial charge on any atom is -0.465 e. The minimum absolute atomic E-state index is 0.194. The lowest BCUT2D eigenvalue weighted by atomic mass is 9.93. The van der Waals surface area contributed by atoms with Crippen molar-refractivity contribution in [3.8, 4) is 0 Å². The number of nitrogens with zero attached hydrogens (tertiary/aromatic N) is 3. The molecule has 7 nitrogen and oxygen atoms in total. The molecule has 1 amide bonds. The zero-order chi connectivity index (χ0) is 17.1. The highest BCUT2D eigenvalue weighted by molar-refractivity contribution is 5.64. The van der Waals surface area contributed by atoms with E-state index in [1.807, 2.05) is 0 Å². The molecule has 23 heavy (non-hydrogen) atoms. The molecule has 1 saturated heterocycles. The summed E-state index contributed by atoms with van der Waals surface area (Å²) in [6.45, 7) is 0.698. The third-order valence-electron chi connectivity index (χ3n) is 3.95. The summed E-state index contributed by atoms with van der Waals surface area (Å²) in [5, 5.41) is 21.3. The van der Waals surface area contributed by atoms with Crippen molar-refractivity contribution in [2.75, 3.05) is 19.6 Å². The summed E-state index contributed by atoms with van der Waals surface area (Å²) < 4.78 is 37.3. The van der Waals surface area contributed by atoms with E-state index in [1.54, 1.807) is 0 Å². The van der Waals surface area contributed by atoms with Crippen molar-refractivity contribution in [1.29, 1.82) is 0 Å². The predicted octanol–water partition coefficient (Wildman–Crippen LogP) is 2.26. The number of amides is 1. The third kappa shape index (κ3) is 4.52. The Labute approximate surface area is 130 Å². The largest absolute Gasteiger partial charge is 0.465 e. The zero-order valence-corrected chi connectivity index (χ0v) is 12.3. The molecule has 128 valence electrons. The molecule has 0 aromatic carbocycles. The number of carbonyl (C=O) groups is 1. The van der Waals surface area contributed by atoms with Gasteiger partial charge in [0.1, 0.15) is 13.1 Å². The first-order chi connectivity index (χ1) is 10.7. The molecule has 2 rings (SSSR count). The van der Waals surface area contributed by atoms with Crippen molar-refractivity contribution in [3.63, 3.8) is 0 Å². The van der Waals surface area contributed by atoms with Gasteiger partial charge in [-0.15, -0.1) is 4.65 Å². The van der Waals surface area contributed by atoms with Crippen LogP contribution in [0.25, 0.3) is 0 Å². The van der Waals surface area contributed by atoms with Crippen LogP contribution in [0, 0.1) is 5.92 Å². The van der Waals surface area contributed by atoms with Gasteiger partial charge in [0, 0.05) is 25.6 Å². The molecule has 1 aromatic heterocycles. The molecule has 1 fully saturated rings. The number of piperidine rings is 1. The van der Waals surface area contributed by atoms with E-state index in [9.17, 15) is 23.2 Å². The van der Waals surface area contributed by atoms with E-state index in [4.69, 9.17) is 5.11 Å². The fraction of sp³-hybridized carbons (Fsp3) is 0.615. The smallest absolute Gasteiger partial charge is 0.433 e. The Kier molecular flexibility index (Phi) is 5.05. The van der Waals surface area contributed by atoms with E-state index < -0.39 is 22.6 Å². The van der Waals surface area contributed by atoms with Gasteiger partial charge in [-0.05, 0) is 18.4 Å². The van der Waals surface area contributed by atoms with Crippen LogP contribution < -0.4 is 9.96 Å². The third-order valence-corrected chi connectivity index (χ3v) is 3.95. The van der Waals surface area contributed by atoms with E-state index in [0.29, 0.717) is 25.8 Å². The molecule has 2 heterocycles. The van der Waals surface area contributed by atoms with Crippen molar-refractivity contribution >= 4 is 12.0 Å². The second kappa shape index (κ2) is 6.67. The first-order valence-corrected chi connectivity index (χ1v) is 7.18. The fourth-order valence-corrected chi connectivity index (χ4v) is 2.63. The van der Waals surface area contributed by atoms with Crippen LogP contribution in [0.3, 0.4) is 0 Å². The second-order valence-corrected chi connectivity index (χ2v) is 5.57. The number of aromatic nitrogens is 2. The van der Waals surface area contributed by atoms with Gasteiger partial charge >= 0.3 is 18.2 Å². The number of nitrogens with one attached hydrogen (secondary N) is 1. The van der Waals surface area contributed by atoms with Gasteiger partial charge in [-0.25, -0.2) is 10.0 Å². The van der Waals surface area contributed by atoms with E-state index in [1.165, 1.54) is 0 Å². The summed E-state index contributed by atoms with van der Waals surface area (Å²) in [5.74, 6) is -0.0621. The molecule has 0 radical (unpaired) electrons. The first-order valence-electron chi connectivity index (χ1n) is 7.18. The van der Waals surface area contributed by atoms with Crippen LogP contribution in [0.2, 0.25) is 0 Å². The van der Waals surface area contributed by atoms with Crippen molar-refractivity contribution < 1.29 is 28.3 Å². The molecule has 0 spiro atoms. The highest BCUT2D eigenvalue weighted by Crippen LogP contribution is 2.31. The Morgan fingerprint density at radius 3 is 2.61 bits per heavy atom. The number of hydrogen-bond acceptors (Lipinski definition) is 4. The van der Waals surface area contributed by atoms with Crippen molar-refractivity contribution in [1.82, 2.24) is 19.9 Å². The van der Waals surface area contributed by atoms with Gasteiger partial charge in [-0.2, -0.15) is 23.1 Å². The minimum atomic E-state index is -4.59. The van der Waals surface area contributed by atoms with Crippen LogP contribution in [0.5, 0.6) is 0 Å². The van der Waals surface area contributed by atoms with E-state index >= 15 is 0 Å². The monoisotopic (exact) mass is 335 g/mol. The van der Waals surface area contributed by atoms with Crippen molar-refractivity contribution in [2.24, 2.45) is 5.92 Å². The van der Waals surface area contributed by atoms with Gasteiger partial charge in [0.25, 0.3) is 0 Å². The molecule has 3 N–H and O–H groups in total. The predicted molar refractivity (Wildman–Crippen MR) is 73.7 cm³/mol. The maximum Gasteiger partial charge on any atom is 0.433 e. The van der Waals surface area contributed by atoms with Gasteiger partial charge in [0.05, 0.1) is 0 Å². The molecule has 0 aliphatic carbocycles. The zero-order valence-electron chi connectivity index (χ0n) is 12.3. The van der Waals surface area contributed by atoms with Crippen LogP contribution in [-0.2, 0) is 6.18 Å². The summed E-state index contributed by atoms with van der Waals surface area (Å²) in [6, 6.07) is 0.764.